The van der Waals surface area contributed by atoms with Crippen LogP contribution in [0.2, 0.25) is 0 Å². The number of nitrogens with zero attached hydrogens (tertiary/aromatic N) is 1. The zero-order chi connectivity index (χ0) is 13.6. The smallest absolute Gasteiger partial charge is 0.268 e. The highest BCUT2D eigenvalue weighted by Crippen LogP contribution is 2.36. The molecule has 19 heavy (non-hydrogen) atoms. The summed E-state index contributed by atoms with van der Waals surface area (Å²) in [5.41, 5.74) is 6.64. The molecule has 1 aliphatic rings. The molecule has 0 fully saturated rings. The highest BCUT2D eigenvalue weighted by atomic mass is 16.5. The van der Waals surface area contributed by atoms with Gasteiger partial charge in [-0.05, 0) is 32.0 Å². The number of hydrogen-bond donors (Lipinski definition) is 2. The largest absolute Gasteiger partial charge is 0.476 e. The van der Waals surface area contributed by atoms with Crippen molar-refractivity contribution in [1.82, 2.24) is 5.16 Å². The second-order valence-electron chi connectivity index (χ2n) is 4.89. The van der Waals surface area contributed by atoms with E-state index in [-0.39, 0.29) is 11.8 Å². The van der Waals surface area contributed by atoms with E-state index in [4.69, 9.17) is 15.0 Å². The van der Waals surface area contributed by atoms with E-state index in [0.717, 1.165) is 5.56 Å². The van der Waals surface area contributed by atoms with Gasteiger partial charge < -0.3 is 20.3 Å². The van der Waals surface area contributed by atoms with Crippen molar-refractivity contribution in [2.45, 2.75) is 19.4 Å². The van der Waals surface area contributed by atoms with Crippen molar-refractivity contribution < 1.29 is 14.1 Å². The molecule has 0 unspecified atom stereocenters. The fraction of sp³-hybridized carbons (Fsp3) is 0.231. The van der Waals surface area contributed by atoms with Crippen LogP contribution < -0.4 is 15.8 Å². The second kappa shape index (κ2) is 3.74. The molecule has 0 spiro atoms. The summed E-state index contributed by atoms with van der Waals surface area (Å²) in [5, 5.41) is 6.64. The fourth-order valence-corrected chi connectivity index (χ4v) is 1.90. The lowest BCUT2D eigenvalue weighted by atomic mass is 10.0. The van der Waals surface area contributed by atoms with E-state index < -0.39 is 5.60 Å². The number of nitrogens with two attached hydrogens (primary N) is 1. The third kappa shape index (κ3) is 1.91. The summed E-state index contributed by atoms with van der Waals surface area (Å²) in [6, 6.07) is 7.03. The monoisotopic (exact) mass is 259 g/mol. The number of ether oxygens (including phenoxy) is 1. The maximum absolute atomic E-state index is 11.8. The summed E-state index contributed by atoms with van der Waals surface area (Å²) < 4.78 is 10.5. The first-order chi connectivity index (χ1) is 8.95. The average molecular weight is 259 g/mol. The molecule has 1 aliphatic heterocycles. The minimum absolute atomic E-state index is 0.184. The van der Waals surface area contributed by atoms with Crippen LogP contribution >= 0.6 is 0 Å². The Hall–Kier alpha value is -2.50. The molecule has 2 aromatic rings. The van der Waals surface area contributed by atoms with E-state index >= 15 is 0 Å². The molecule has 3 rings (SSSR count). The lowest BCUT2D eigenvalue weighted by Gasteiger charge is -2.31. The van der Waals surface area contributed by atoms with Crippen molar-refractivity contribution in [2.75, 3.05) is 11.1 Å². The highest BCUT2D eigenvalue weighted by molar-refractivity contribution is 6.00. The molecular formula is C13H13N3O3. The van der Waals surface area contributed by atoms with E-state index in [1.165, 1.54) is 0 Å². The molecule has 0 atom stereocenters. The van der Waals surface area contributed by atoms with Gasteiger partial charge in [0.25, 0.3) is 5.91 Å². The lowest BCUT2D eigenvalue weighted by molar-refractivity contribution is -0.129. The number of hydrogen-bond acceptors (Lipinski definition) is 5. The summed E-state index contributed by atoms with van der Waals surface area (Å²) in [4.78, 5) is 11.8. The van der Waals surface area contributed by atoms with E-state index in [1.54, 1.807) is 32.0 Å². The highest BCUT2D eigenvalue weighted by Gasteiger charge is 2.35. The van der Waals surface area contributed by atoms with E-state index in [0.29, 0.717) is 17.1 Å². The Kier molecular flexibility index (Phi) is 2.28. The standard InChI is InChI=1S/C13H13N3O3/c1-13(2)12(17)15-9-5-7(3-4-10(9)18-13)8-6-11(14)19-16-8/h3-6H,14H2,1-2H3,(H,15,17). The number of benzene rings is 1. The first-order valence-corrected chi connectivity index (χ1v) is 5.83. The van der Waals surface area contributed by atoms with Gasteiger partial charge in [0.2, 0.25) is 5.88 Å². The number of amides is 1. The van der Waals surface area contributed by atoms with Gasteiger partial charge in [-0.3, -0.25) is 4.79 Å². The summed E-state index contributed by atoms with van der Waals surface area (Å²) in [7, 11) is 0. The SMILES string of the molecule is CC1(C)Oc2ccc(-c3cc(N)on3)cc2NC1=O. The fourth-order valence-electron chi connectivity index (χ4n) is 1.90. The van der Waals surface area contributed by atoms with Gasteiger partial charge in [-0.15, -0.1) is 0 Å². The molecule has 0 aliphatic carbocycles. The zero-order valence-electron chi connectivity index (χ0n) is 10.6. The third-order valence-electron chi connectivity index (χ3n) is 2.96. The maximum Gasteiger partial charge on any atom is 0.268 e. The first-order valence-electron chi connectivity index (χ1n) is 5.83. The normalized spacial score (nSPS) is 16.4. The summed E-state index contributed by atoms with van der Waals surface area (Å²) in [5.74, 6) is 0.691. The van der Waals surface area contributed by atoms with Gasteiger partial charge in [-0.2, -0.15) is 0 Å². The number of rotatable bonds is 1. The quantitative estimate of drug-likeness (QED) is 0.817. The van der Waals surface area contributed by atoms with Gasteiger partial charge in [-0.1, -0.05) is 5.16 Å². The van der Waals surface area contributed by atoms with Gasteiger partial charge in [0, 0.05) is 11.6 Å². The van der Waals surface area contributed by atoms with Gasteiger partial charge in [0.15, 0.2) is 5.60 Å². The van der Waals surface area contributed by atoms with Crippen molar-refractivity contribution in [2.24, 2.45) is 0 Å². The maximum atomic E-state index is 11.8. The van der Waals surface area contributed by atoms with Crippen molar-refractivity contribution in [1.29, 1.82) is 0 Å². The summed E-state index contributed by atoms with van der Waals surface area (Å²) >= 11 is 0. The zero-order valence-corrected chi connectivity index (χ0v) is 10.6. The van der Waals surface area contributed by atoms with Crippen LogP contribution in [-0.2, 0) is 4.79 Å². The first kappa shape index (κ1) is 11.6. The van der Waals surface area contributed by atoms with Crippen molar-refractivity contribution in [3.05, 3.63) is 24.3 Å². The van der Waals surface area contributed by atoms with Crippen LogP contribution in [0.5, 0.6) is 5.75 Å². The van der Waals surface area contributed by atoms with E-state index in [9.17, 15) is 4.79 Å². The minimum Gasteiger partial charge on any atom is -0.476 e. The Morgan fingerprint density at radius 3 is 2.79 bits per heavy atom. The molecule has 1 amide bonds. The van der Waals surface area contributed by atoms with Crippen LogP contribution in [-0.4, -0.2) is 16.7 Å². The van der Waals surface area contributed by atoms with Crippen molar-refractivity contribution >= 4 is 17.5 Å². The number of carbonyl (C=O) groups is 1. The van der Waals surface area contributed by atoms with Gasteiger partial charge in [0.1, 0.15) is 11.4 Å². The van der Waals surface area contributed by atoms with Crippen LogP contribution in [0.25, 0.3) is 11.3 Å². The van der Waals surface area contributed by atoms with Crippen LogP contribution in [0.15, 0.2) is 28.8 Å². The molecule has 0 radical (unpaired) electrons. The average Bonchev–Trinajstić information content (AvgIpc) is 2.76. The van der Waals surface area contributed by atoms with Crippen molar-refractivity contribution in [3.8, 4) is 17.0 Å². The Morgan fingerprint density at radius 1 is 1.32 bits per heavy atom. The number of anilines is 2. The van der Waals surface area contributed by atoms with E-state index in [1.807, 2.05) is 6.07 Å². The molecule has 0 bridgehead atoms. The predicted octanol–water partition coefficient (Wildman–Crippen LogP) is 2.03. The van der Waals surface area contributed by atoms with Crippen LogP contribution in [0.4, 0.5) is 11.6 Å². The third-order valence-corrected chi connectivity index (χ3v) is 2.96. The molecular weight excluding hydrogens is 246 g/mol. The Labute approximate surface area is 109 Å². The summed E-state index contributed by atoms with van der Waals surface area (Å²) in [6.45, 7) is 3.44. The number of nitrogens with one attached hydrogen (secondary N) is 1. The second-order valence-corrected chi connectivity index (χ2v) is 4.89. The topological polar surface area (TPSA) is 90.4 Å². The molecule has 1 aromatic carbocycles. The molecule has 6 nitrogen and oxygen atoms in total. The number of fused-ring (bicyclic) bond motifs is 1. The Morgan fingerprint density at radius 2 is 2.11 bits per heavy atom. The Bertz CT molecular complexity index is 661. The number of carbonyl (C=O) groups excluding carboxylic acids is 1. The molecule has 1 aromatic heterocycles. The molecule has 0 saturated heterocycles. The molecule has 0 saturated carbocycles. The summed E-state index contributed by atoms with van der Waals surface area (Å²) in [6.07, 6.45) is 0. The number of nitrogen functional groups attached to an aromatic ring is 1. The van der Waals surface area contributed by atoms with Gasteiger partial charge in [-0.25, -0.2) is 0 Å². The van der Waals surface area contributed by atoms with Crippen LogP contribution in [0.3, 0.4) is 0 Å². The lowest BCUT2D eigenvalue weighted by Crippen LogP contribution is -2.45. The minimum atomic E-state index is -0.868. The Balaban J connectivity index is 2.02. The van der Waals surface area contributed by atoms with E-state index in [2.05, 4.69) is 10.5 Å². The van der Waals surface area contributed by atoms with Crippen LogP contribution in [0, 0.1) is 0 Å². The van der Waals surface area contributed by atoms with Gasteiger partial charge in [0.05, 0.1) is 5.69 Å². The van der Waals surface area contributed by atoms with Crippen molar-refractivity contribution in [3.63, 3.8) is 0 Å². The molecule has 3 N–H and O–H groups in total. The predicted molar refractivity (Wildman–Crippen MR) is 69.7 cm³/mol. The van der Waals surface area contributed by atoms with Crippen LogP contribution in [0.1, 0.15) is 13.8 Å². The molecule has 6 heteroatoms. The molecule has 2 heterocycles. The van der Waals surface area contributed by atoms with Gasteiger partial charge >= 0.3 is 0 Å². The molecule has 98 valence electrons. The number of aromatic nitrogens is 1.